The van der Waals surface area contributed by atoms with Crippen LogP contribution in [0.1, 0.15) is 34.1 Å². The Hall–Kier alpha value is -0.403. The van der Waals surface area contributed by atoms with Gasteiger partial charge in [-0.15, -0.1) is 0 Å². The molecule has 0 radical (unpaired) electrons. The van der Waals surface area contributed by atoms with Gasteiger partial charge in [0.2, 0.25) is 6.08 Å². The first kappa shape index (κ1) is 12.6. The molecule has 0 bridgehead atoms. The van der Waals surface area contributed by atoms with E-state index >= 15 is 0 Å². The molecule has 0 aromatic rings. The maximum absolute atomic E-state index is 10.3. The first-order chi connectivity index (χ1) is 6.20. The largest absolute Gasteiger partial charge is 0.234 e. The number of aliphatic imine (C=N–C) groups is 1. The zero-order valence-electron chi connectivity index (χ0n) is 9.26. The summed E-state index contributed by atoms with van der Waals surface area (Å²) >= 11 is 0. The summed E-state index contributed by atoms with van der Waals surface area (Å²) in [7, 11) is -1.30. The van der Waals surface area contributed by atoms with E-state index in [2.05, 4.69) is 32.7 Å². The van der Waals surface area contributed by atoms with E-state index in [1.807, 2.05) is 0 Å². The zero-order valence-corrected chi connectivity index (χ0v) is 10.3. The van der Waals surface area contributed by atoms with Crippen molar-refractivity contribution in [2.75, 3.05) is 0 Å². The Morgan fingerprint density at radius 2 is 1.62 bits per heavy atom. The summed E-state index contributed by atoms with van der Waals surface area (Å²) in [5.41, 5.74) is 0.296. The normalized spacial score (nSPS) is 13.5. The van der Waals surface area contributed by atoms with Gasteiger partial charge in [0.15, 0.2) is 0 Å². The Balaban J connectivity index is 4.75. The third kappa shape index (κ3) is 2.78. The van der Waals surface area contributed by atoms with Gasteiger partial charge in [-0.3, -0.25) is 0 Å². The van der Waals surface area contributed by atoms with E-state index in [1.165, 1.54) is 18.1 Å². The van der Waals surface area contributed by atoms with E-state index in [0.29, 0.717) is 5.67 Å². The second-order valence-electron chi connectivity index (χ2n) is 3.57. The molecule has 0 saturated carbocycles. The number of rotatable bonds is 6. The van der Waals surface area contributed by atoms with Crippen LogP contribution in [0.15, 0.2) is 4.99 Å². The van der Waals surface area contributed by atoms with Crippen molar-refractivity contribution in [2.45, 2.75) is 57.9 Å². The molecule has 0 amide bonds. The number of carbonyl (C=O) groups excluding carboxylic acids is 1. The van der Waals surface area contributed by atoms with Crippen molar-refractivity contribution in [3.63, 3.8) is 0 Å². The third-order valence-corrected chi connectivity index (χ3v) is 9.59. The highest BCUT2D eigenvalue weighted by molar-refractivity contribution is 6.81. The Bertz CT molecular complexity index is 175. The molecule has 0 saturated heterocycles. The Morgan fingerprint density at radius 1 is 1.15 bits per heavy atom. The average molecular weight is 199 g/mol. The van der Waals surface area contributed by atoms with Crippen molar-refractivity contribution >= 4 is 14.2 Å². The standard InChI is InChI=1S/C10H21NOSi/c1-5-10(11-9-12)13(6-2,7-3)8-4/h10H,5-8H2,1-4H3. The molecular formula is C10H21NOSi. The lowest BCUT2D eigenvalue weighted by atomic mass is 10.5. The van der Waals surface area contributed by atoms with Gasteiger partial charge in [0.05, 0.1) is 13.7 Å². The van der Waals surface area contributed by atoms with E-state index in [0.717, 1.165) is 6.42 Å². The Morgan fingerprint density at radius 3 is 1.85 bits per heavy atom. The first-order valence-electron chi connectivity index (χ1n) is 5.27. The molecule has 0 aromatic heterocycles. The molecule has 0 spiro atoms. The van der Waals surface area contributed by atoms with Crippen molar-refractivity contribution in [1.82, 2.24) is 0 Å². The molecule has 0 aliphatic heterocycles. The van der Waals surface area contributed by atoms with E-state index in [4.69, 9.17) is 0 Å². The predicted molar refractivity (Wildman–Crippen MR) is 59.4 cm³/mol. The lowest BCUT2D eigenvalue weighted by Gasteiger charge is -2.32. The minimum atomic E-state index is -1.30. The molecule has 1 atom stereocenters. The van der Waals surface area contributed by atoms with Crippen LogP contribution in [0.5, 0.6) is 0 Å². The topological polar surface area (TPSA) is 29.4 Å². The highest BCUT2D eigenvalue weighted by Gasteiger charge is 2.35. The Kier molecular flexibility index (Phi) is 5.92. The lowest BCUT2D eigenvalue weighted by Crippen LogP contribution is -2.44. The molecule has 0 fully saturated rings. The van der Waals surface area contributed by atoms with Crippen LogP contribution in [0.25, 0.3) is 0 Å². The summed E-state index contributed by atoms with van der Waals surface area (Å²) in [6.45, 7) is 8.83. The smallest absolute Gasteiger partial charge is 0.211 e. The van der Waals surface area contributed by atoms with Crippen molar-refractivity contribution in [3.05, 3.63) is 0 Å². The maximum atomic E-state index is 10.3. The van der Waals surface area contributed by atoms with Gasteiger partial charge in [-0.2, -0.15) is 0 Å². The van der Waals surface area contributed by atoms with Crippen LogP contribution in [-0.2, 0) is 4.79 Å². The van der Waals surface area contributed by atoms with Crippen LogP contribution in [-0.4, -0.2) is 19.8 Å². The van der Waals surface area contributed by atoms with Crippen molar-refractivity contribution < 1.29 is 4.79 Å². The molecule has 2 nitrogen and oxygen atoms in total. The minimum Gasteiger partial charge on any atom is -0.211 e. The fourth-order valence-electron chi connectivity index (χ4n) is 2.18. The first-order valence-corrected chi connectivity index (χ1v) is 7.97. The SMILES string of the molecule is CCC(N=C=O)[Si](CC)(CC)CC. The summed E-state index contributed by atoms with van der Waals surface area (Å²) in [6.07, 6.45) is 2.73. The number of hydrogen-bond acceptors (Lipinski definition) is 2. The molecule has 0 rings (SSSR count). The second kappa shape index (κ2) is 6.11. The Labute approximate surface area is 82.5 Å². The maximum Gasteiger partial charge on any atom is 0.234 e. The summed E-state index contributed by atoms with van der Waals surface area (Å²) < 4.78 is 0. The molecule has 0 N–H and O–H groups in total. The molecule has 0 aliphatic carbocycles. The van der Waals surface area contributed by atoms with Gasteiger partial charge in [-0.1, -0.05) is 45.8 Å². The summed E-state index contributed by atoms with van der Waals surface area (Å²) in [6, 6.07) is 3.68. The summed E-state index contributed by atoms with van der Waals surface area (Å²) in [5.74, 6) is 0. The highest BCUT2D eigenvalue weighted by atomic mass is 28.3. The molecule has 0 aliphatic rings. The van der Waals surface area contributed by atoms with Gasteiger partial charge in [0, 0.05) is 0 Å². The molecule has 0 heterocycles. The van der Waals surface area contributed by atoms with Crippen LogP contribution in [0.4, 0.5) is 0 Å². The lowest BCUT2D eigenvalue weighted by molar-refractivity contribution is 0.560. The molecule has 1 unspecified atom stereocenters. The van der Waals surface area contributed by atoms with Crippen molar-refractivity contribution in [3.8, 4) is 0 Å². The van der Waals surface area contributed by atoms with Gasteiger partial charge >= 0.3 is 0 Å². The van der Waals surface area contributed by atoms with Crippen LogP contribution in [0.2, 0.25) is 18.1 Å². The zero-order chi connectivity index (χ0) is 10.3. The van der Waals surface area contributed by atoms with E-state index in [1.54, 1.807) is 6.08 Å². The molecular weight excluding hydrogens is 178 g/mol. The van der Waals surface area contributed by atoms with Gasteiger partial charge in [0.1, 0.15) is 0 Å². The van der Waals surface area contributed by atoms with Crippen LogP contribution in [0, 0.1) is 0 Å². The minimum absolute atomic E-state index is 0.296. The number of nitrogens with zero attached hydrogens (tertiary/aromatic N) is 1. The van der Waals surface area contributed by atoms with Crippen LogP contribution >= 0.6 is 0 Å². The molecule has 13 heavy (non-hydrogen) atoms. The van der Waals surface area contributed by atoms with Gasteiger partial charge < -0.3 is 0 Å². The summed E-state index contributed by atoms with van der Waals surface area (Å²) in [5, 5.41) is 0. The van der Waals surface area contributed by atoms with E-state index in [-0.39, 0.29) is 0 Å². The fraction of sp³-hybridized carbons (Fsp3) is 0.900. The van der Waals surface area contributed by atoms with Crippen LogP contribution in [0.3, 0.4) is 0 Å². The van der Waals surface area contributed by atoms with Gasteiger partial charge in [0.25, 0.3) is 0 Å². The monoisotopic (exact) mass is 199 g/mol. The molecule has 76 valence electrons. The van der Waals surface area contributed by atoms with Gasteiger partial charge in [-0.25, -0.2) is 9.79 Å². The van der Waals surface area contributed by atoms with Crippen LogP contribution < -0.4 is 0 Å². The number of isocyanates is 1. The predicted octanol–water partition coefficient (Wildman–Crippen LogP) is 3.15. The quantitative estimate of drug-likeness (QED) is 0.367. The second-order valence-corrected chi connectivity index (χ2v) is 9.08. The van der Waals surface area contributed by atoms with Crippen molar-refractivity contribution in [2.24, 2.45) is 4.99 Å². The third-order valence-electron chi connectivity index (χ3n) is 3.41. The van der Waals surface area contributed by atoms with E-state index in [9.17, 15) is 4.79 Å². The van der Waals surface area contributed by atoms with Crippen molar-refractivity contribution in [1.29, 1.82) is 0 Å². The number of hydrogen-bond donors (Lipinski definition) is 0. The highest BCUT2D eigenvalue weighted by Crippen LogP contribution is 2.27. The average Bonchev–Trinajstić information content (AvgIpc) is 2.19. The van der Waals surface area contributed by atoms with E-state index < -0.39 is 8.07 Å². The van der Waals surface area contributed by atoms with Gasteiger partial charge in [-0.05, 0) is 6.42 Å². The fourth-order valence-corrected chi connectivity index (χ4v) is 6.29. The molecule has 3 heteroatoms. The summed E-state index contributed by atoms with van der Waals surface area (Å²) in [4.78, 5) is 14.3. The molecule has 0 aromatic carbocycles.